The Morgan fingerprint density at radius 1 is 1.00 bits per heavy atom. The first-order chi connectivity index (χ1) is 11.5. The van der Waals surface area contributed by atoms with E-state index in [9.17, 15) is 9.59 Å². The Bertz CT molecular complexity index is 750. The van der Waals surface area contributed by atoms with Crippen molar-refractivity contribution in [1.82, 2.24) is 5.32 Å². The van der Waals surface area contributed by atoms with Crippen LogP contribution in [0.4, 0.5) is 16.2 Å². The van der Waals surface area contributed by atoms with Crippen molar-refractivity contribution in [2.75, 3.05) is 17.2 Å². The van der Waals surface area contributed by atoms with Crippen LogP contribution in [0.5, 0.6) is 0 Å². The molecule has 7 heteroatoms. The summed E-state index contributed by atoms with van der Waals surface area (Å²) in [6, 6.07) is 11.0. The Balaban J connectivity index is 2.14. The van der Waals surface area contributed by atoms with Gasteiger partial charge >= 0.3 is 6.03 Å². The SMILES string of the molecule is CCCNC(=O)c1ccc(Cl)cc1NC(=O)Nc1cccc(Cl)c1. The Kier molecular flexibility index (Phi) is 6.46. The van der Waals surface area contributed by atoms with Gasteiger partial charge in [-0.3, -0.25) is 4.79 Å². The number of hydrogen-bond acceptors (Lipinski definition) is 2. The number of nitrogens with one attached hydrogen (secondary N) is 3. The summed E-state index contributed by atoms with van der Waals surface area (Å²) in [5.41, 5.74) is 1.21. The van der Waals surface area contributed by atoms with Crippen LogP contribution in [0.1, 0.15) is 23.7 Å². The van der Waals surface area contributed by atoms with Crippen molar-refractivity contribution in [3.63, 3.8) is 0 Å². The summed E-state index contributed by atoms with van der Waals surface area (Å²) in [4.78, 5) is 24.3. The van der Waals surface area contributed by atoms with Gasteiger partial charge in [-0.15, -0.1) is 0 Å². The average Bonchev–Trinajstić information content (AvgIpc) is 2.52. The first kappa shape index (κ1) is 18.1. The first-order valence-corrected chi connectivity index (χ1v) is 8.16. The van der Waals surface area contributed by atoms with Crippen molar-refractivity contribution >= 4 is 46.5 Å². The molecule has 3 amide bonds. The van der Waals surface area contributed by atoms with E-state index < -0.39 is 6.03 Å². The van der Waals surface area contributed by atoms with E-state index in [1.54, 1.807) is 36.4 Å². The van der Waals surface area contributed by atoms with E-state index in [1.807, 2.05) is 6.92 Å². The zero-order valence-corrected chi connectivity index (χ0v) is 14.5. The van der Waals surface area contributed by atoms with Gasteiger partial charge in [0, 0.05) is 22.3 Å². The molecule has 0 heterocycles. The van der Waals surface area contributed by atoms with Crippen molar-refractivity contribution in [3.05, 3.63) is 58.1 Å². The lowest BCUT2D eigenvalue weighted by Gasteiger charge is -2.12. The molecule has 5 nitrogen and oxygen atoms in total. The second kappa shape index (κ2) is 8.57. The molecule has 0 saturated carbocycles. The number of anilines is 2. The van der Waals surface area contributed by atoms with Crippen LogP contribution >= 0.6 is 23.2 Å². The highest BCUT2D eigenvalue weighted by atomic mass is 35.5. The molecule has 0 atom stereocenters. The lowest BCUT2D eigenvalue weighted by atomic mass is 10.1. The third kappa shape index (κ3) is 5.15. The van der Waals surface area contributed by atoms with E-state index in [2.05, 4.69) is 16.0 Å². The quantitative estimate of drug-likeness (QED) is 0.713. The number of hydrogen-bond donors (Lipinski definition) is 3. The highest BCUT2D eigenvalue weighted by molar-refractivity contribution is 6.31. The van der Waals surface area contributed by atoms with Crippen molar-refractivity contribution in [2.24, 2.45) is 0 Å². The minimum atomic E-state index is -0.496. The second-order valence-electron chi connectivity index (χ2n) is 5.04. The summed E-state index contributed by atoms with van der Waals surface area (Å²) in [7, 11) is 0. The van der Waals surface area contributed by atoms with Crippen LogP contribution in [0.25, 0.3) is 0 Å². The molecule has 0 unspecified atom stereocenters. The zero-order chi connectivity index (χ0) is 17.5. The minimum Gasteiger partial charge on any atom is -0.352 e. The molecule has 3 N–H and O–H groups in total. The molecule has 0 saturated heterocycles. The molecule has 2 rings (SSSR count). The van der Waals surface area contributed by atoms with Gasteiger partial charge in [-0.25, -0.2) is 4.79 Å². The van der Waals surface area contributed by atoms with Gasteiger partial charge in [0.15, 0.2) is 0 Å². The number of halogens is 2. The Morgan fingerprint density at radius 2 is 1.75 bits per heavy atom. The maximum Gasteiger partial charge on any atom is 0.323 e. The highest BCUT2D eigenvalue weighted by Crippen LogP contribution is 2.22. The van der Waals surface area contributed by atoms with Crippen LogP contribution in [0.2, 0.25) is 10.0 Å². The maximum atomic E-state index is 12.2. The van der Waals surface area contributed by atoms with Crippen LogP contribution in [0, 0.1) is 0 Å². The minimum absolute atomic E-state index is 0.272. The van der Waals surface area contributed by atoms with Crippen molar-refractivity contribution < 1.29 is 9.59 Å². The van der Waals surface area contributed by atoms with E-state index in [1.165, 1.54) is 6.07 Å². The average molecular weight is 366 g/mol. The standard InChI is InChI=1S/C17H17Cl2N3O2/c1-2-8-20-16(23)14-7-6-12(19)10-15(14)22-17(24)21-13-5-3-4-11(18)9-13/h3-7,9-10H,2,8H2,1H3,(H,20,23)(H2,21,22,24). The summed E-state index contributed by atoms with van der Waals surface area (Å²) in [5, 5.41) is 8.98. The topological polar surface area (TPSA) is 70.2 Å². The molecule has 126 valence electrons. The number of carbonyl (C=O) groups excluding carboxylic acids is 2. The zero-order valence-electron chi connectivity index (χ0n) is 13.0. The number of urea groups is 1. The normalized spacial score (nSPS) is 10.1. The van der Waals surface area contributed by atoms with Gasteiger partial charge in [-0.1, -0.05) is 36.2 Å². The van der Waals surface area contributed by atoms with Crippen LogP contribution in [-0.2, 0) is 0 Å². The third-order valence-electron chi connectivity index (χ3n) is 3.09. The highest BCUT2D eigenvalue weighted by Gasteiger charge is 2.14. The van der Waals surface area contributed by atoms with Crippen molar-refractivity contribution in [3.8, 4) is 0 Å². The summed E-state index contributed by atoms with van der Waals surface area (Å²) in [6.07, 6.45) is 0.817. The Morgan fingerprint density at radius 3 is 2.46 bits per heavy atom. The lowest BCUT2D eigenvalue weighted by molar-refractivity contribution is 0.0954. The molecule has 2 aromatic carbocycles. The fourth-order valence-corrected chi connectivity index (χ4v) is 2.36. The molecular formula is C17H17Cl2N3O2. The molecule has 0 aliphatic rings. The van der Waals surface area contributed by atoms with Crippen LogP contribution in [0.3, 0.4) is 0 Å². The molecule has 0 fully saturated rings. The molecule has 0 spiro atoms. The molecule has 0 aromatic heterocycles. The second-order valence-corrected chi connectivity index (χ2v) is 5.91. The summed E-state index contributed by atoms with van der Waals surface area (Å²) in [6.45, 7) is 2.51. The van der Waals surface area contributed by atoms with E-state index in [4.69, 9.17) is 23.2 Å². The number of carbonyl (C=O) groups is 2. The fourth-order valence-electron chi connectivity index (χ4n) is 2.00. The van der Waals surface area contributed by atoms with Crippen molar-refractivity contribution in [1.29, 1.82) is 0 Å². The van der Waals surface area contributed by atoms with E-state index in [0.717, 1.165) is 6.42 Å². The van der Waals surface area contributed by atoms with Gasteiger partial charge in [-0.2, -0.15) is 0 Å². The Hall–Kier alpha value is -2.24. The predicted octanol–water partition coefficient (Wildman–Crippen LogP) is 4.78. The number of rotatable bonds is 5. The molecule has 2 aromatic rings. The van der Waals surface area contributed by atoms with Crippen LogP contribution in [0.15, 0.2) is 42.5 Å². The van der Waals surface area contributed by atoms with Crippen LogP contribution in [-0.4, -0.2) is 18.5 Å². The fraction of sp³-hybridized carbons (Fsp3) is 0.176. The van der Waals surface area contributed by atoms with Gasteiger partial charge in [0.2, 0.25) is 0 Å². The van der Waals surface area contributed by atoms with E-state index in [0.29, 0.717) is 33.5 Å². The predicted molar refractivity (Wildman–Crippen MR) is 98.2 cm³/mol. The monoisotopic (exact) mass is 365 g/mol. The molecule has 0 aliphatic heterocycles. The van der Waals surface area contributed by atoms with Gasteiger partial charge < -0.3 is 16.0 Å². The number of benzene rings is 2. The van der Waals surface area contributed by atoms with E-state index in [-0.39, 0.29) is 5.91 Å². The van der Waals surface area contributed by atoms with E-state index >= 15 is 0 Å². The van der Waals surface area contributed by atoms with Crippen molar-refractivity contribution in [2.45, 2.75) is 13.3 Å². The lowest BCUT2D eigenvalue weighted by Crippen LogP contribution is -2.27. The number of amides is 3. The van der Waals surface area contributed by atoms with Gasteiger partial charge in [-0.05, 0) is 42.8 Å². The maximum absolute atomic E-state index is 12.2. The largest absolute Gasteiger partial charge is 0.352 e. The third-order valence-corrected chi connectivity index (χ3v) is 3.56. The van der Waals surface area contributed by atoms with Gasteiger partial charge in [0.25, 0.3) is 5.91 Å². The first-order valence-electron chi connectivity index (χ1n) is 7.41. The smallest absolute Gasteiger partial charge is 0.323 e. The summed E-state index contributed by atoms with van der Waals surface area (Å²) in [5.74, 6) is -0.272. The summed E-state index contributed by atoms with van der Waals surface area (Å²) >= 11 is 11.9. The molecule has 0 bridgehead atoms. The van der Waals surface area contributed by atoms with Gasteiger partial charge in [0.05, 0.1) is 11.3 Å². The van der Waals surface area contributed by atoms with Gasteiger partial charge in [0.1, 0.15) is 0 Å². The molecule has 0 radical (unpaired) electrons. The van der Waals surface area contributed by atoms with Crippen LogP contribution < -0.4 is 16.0 Å². The summed E-state index contributed by atoms with van der Waals surface area (Å²) < 4.78 is 0. The molecular weight excluding hydrogens is 349 g/mol. The molecule has 0 aliphatic carbocycles. The molecule has 24 heavy (non-hydrogen) atoms. The Labute approximate surface area is 150 Å².